The predicted octanol–water partition coefficient (Wildman–Crippen LogP) is 4.71. The summed E-state index contributed by atoms with van der Waals surface area (Å²) >= 11 is 7.02. The van der Waals surface area contributed by atoms with Crippen molar-refractivity contribution < 1.29 is 0 Å². The molecule has 0 amide bonds. The summed E-state index contributed by atoms with van der Waals surface area (Å²) in [7, 11) is 0. The first-order valence-corrected chi connectivity index (χ1v) is 9.48. The standard InChI is InChI=1S/C18H21N5S2/c1-4-22(5-2)15-9-7-14(8-10-15)17-20-21-18(24)23(17)19-12-16-11-6-13(3)25-16/h6-12H,4-5H2,1-3H3,(H,21,24). The van der Waals surface area contributed by atoms with Crippen LogP contribution < -0.4 is 4.90 Å². The van der Waals surface area contributed by atoms with Crippen LogP contribution in [-0.2, 0) is 0 Å². The van der Waals surface area contributed by atoms with E-state index < -0.39 is 0 Å². The molecule has 0 saturated heterocycles. The van der Waals surface area contributed by atoms with Gasteiger partial charge < -0.3 is 4.90 Å². The maximum Gasteiger partial charge on any atom is 0.216 e. The molecule has 5 nitrogen and oxygen atoms in total. The maximum atomic E-state index is 5.32. The number of aromatic nitrogens is 3. The van der Waals surface area contributed by atoms with Crippen molar-refractivity contribution in [1.29, 1.82) is 0 Å². The van der Waals surface area contributed by atoms with Crippen LogP contribution in [0.3, 0.4) is 0 Å². The third-order valence-electron chi connectivity index (χ3n) is 3.97. The Labute approximate surface area is 156 Å². The molecule has 0 fully saturated rings. The molecule has 1 aromatic carbocycles. The molecule has 3 aromatic rings. The zero-order valence-corrected chi connectivity index (χ0v) is 16.2. The first-order valence-electron chi connectivity index (χ1n) is 8.26. The van der Waals surface area contributed by atoms with Crippen molar-refractivity contribution in [2.75, 3.05) is 18.0 Å². The van der Waals surface area contributed by atoms with Crippen LogP contribution >= 0.6 is 23.6 Å². The van der Waals surface area contributed by atoms with Gasteiger partial charge >= 0.3 is 0 Å². The fourth-order valence-electron chi connectivity index (χ4n) is 2.63. The van der Waals surface area contributed by atoms with Crippen molar-refractivity contribution in [3.63, 3.8) is 0 Å². The van der Waals surface area contributed by atoms with E-state index in [0.29, 0.717) is 10.6 Å². The molecule has 0 bridgehead atoms. The number of H-pyrrole nitrogens is 1. The Morgan fingerprint density at radius 1 is 1.20 bits per heavy atom. The Hall–Kier alpha value is -2.25. The molecular weight excluding hydrogens is 350 g/mol. The van der Waals surface area contributed by atoms with Crippen molar-refractivity contribution in [2.45, 2.75) is 20.8 Å². The smallest absolute Gasteiger partial charge is 0.216 e. The summed E-state index contributed by atoms with van der Waals surface area (Å²) < 4.78 is 2.14. The number of thiophene rings is 1. The minimum absolute atomic E-state index is 0.479. The van der Waals surface area contributed by atoms with Gasteiger partial charge in [0.1, 0.15) is 0 Å². The van der Waals surface area contributed by atoms with E-state index in [-0.39, 0.29) is 0 Å². The van der Waals surface area contributed by atoms with Crippen molar-refractivity contribution >= 4 is 35.5 Å². The van der Waals surface area contributed by atoms with Gasteiger partial charge in [-0.05, 0) is 69.4 Å². The van der Waals surface area contributed by atoms with Crippen LogP contribution in [0.5, 0.6) is 0 Å². The average Bonchev–Trinajstić information content (AvgIpc) is 3.20. The first kappa shape index (κ1) is 17.6. The highest BCUT2D eigenvalue weighted by atomic mass is 32.1. The molecule has 3 rings (SSSR count). The Morgan fingerprint density at radius 2 is 1.92 bits per heavy atom. The molecule has 1 N–H and O–H groups in total. The van der Waals surface area contributed by atoms with Crippen LogP contribution in [0.1, 0.15) is 23.6 Å². The van der Waals surface area contributed by atoms with Gasteiger partial charge in [0.15, 0.2) is 5.82 Å². The van der Waals surface area contributed by atoms with E-state index in [0.717, 1.165) is 23.5 Å². The molecule has 2 aromatic heterocycles. The van der Waals surface area contributed by atoms with Gasteiger partial charge in [0, 0.05) is 34.1 Å². The summed E-state index contributed by atoms with van der Waals surface area (Å²) in [6, 6.07) is 12.5. The number of nitrogens with one attached hydrogen (secondary N) is 1. The molecule has 0 spiro atoms. The lowest BCUT2D eigenvalue weighted by Gasteiger charge is -2.20. The molecule has 130 valence electrons. The molecule has 0 atom stereocenters. The van der Waals surface area contributed by atoms with E-state index in [1.807, 2.05) is 12.3 Å². The summed E-state index contributed by atoms with van der Waals surface area (Å²) in [4.78, 5) is 4.64. The Bertz CT molecular complexity index is 914. The summed E-state index contributed by atoms with van der Waals surface area (Å²) in [5, 5.41) is 11.7. The maximum absolute atomic E-state index is 5.32. The lowest BCUT2D eigenvalue weighted by molar-refractivity contribution is 0.864. The predicted molar refractivity (Wildman–Crippen MR) is 108 cm³/mol. The van der Waals surface area contributed by atoms with Crippen molar-refractivity contribution in [3.8, 4) is 11.4 Å². The summed E-state index contributed by atoms with van der Waals surface area (Å²) in [5.74, 6) is 0.709. The molecule has 25 heavy (non-hydrogen) atoms. The SMILES string of the molecule is CCN(CC)c1ccc(-c2n[nH]c(=S)n2N=Cc2ccc(C)s2)cc1. The van der Waals surface area contributed by atoms with E-state index in [2.05, 4.69) is 71.3 Å². The number of nitrogens with zero attached hydrogens (tertiary/aromatic N) is 4. The number of benzene rings is 1. The highest BCUT2D eigenvalue weighted by Gasteiger charge is 2.09. The van der Waals surface area contributed by atoms with E-state index in [4.69, 9.17) is 12.2 Å². The lowest BCUT2D eigenvalue weighted by Crippen LogP contribution is -2.21. The summed E-state index contributed by atoms with van der Waals surface area (Å²) in [6.07, 6.45) is 1.82. The van der Waals surface area contributed by atoms with Crippen molar-refractivity contribution in [2.24, 2.45) is 5.10 Å². The minimum Gasteiger partial charge on any atom is -0.372 e. The Balaban J connectivity index is 1.91. The van der Waals surface area contributed by atoms with E-state index in [1.165, 1.54) is 10.6 Å². The van der Waals surface area contributed by atoms with E-state index in [9.17, 15) is 0 Å². The van der Waals surface area contributed by atoms with Gasteiger partial charge in [-0.15, -0.1) is 11.3 Å². The number of hydrogen-bond acceptors (Lipinski definition) is 5. The fraction of sp³-hybridized carbons (Fsp3) is 0.278. The zero-order valence-electron chi connectivity index (χ0n) is 14.6. The molecule has 0 aliphatic heterocycles. The van der Waals surface area contributed by atoms with Gasteiger partial charge in [-0.25, -0.2) is 5.10 Å². The van der Waals surface area contributed by atoms with Gasteiger partial charge in [0.05, 0.1) is 6.21 Å². The molecule has 0 radical (unpaired) electrons. The van der Waals surface area contributed by atoms with Crippen molar-refractivity contribution in [1.82, 2.24) is 14.9 Å². The molecule has 2 heterocycles. The largest absolute Gasteiger partial charge is 0.372 e. The second kappa shape index (κ2) is 7.76. The first-order chi connectivity index (χ1) is 12.1. The number of rotatable bonds is 6. The third-order valence-corrected chi connectivity index (χ3v) is 5.17. The molecular formula is C18H21N5S2. The van der Waals surface area contributed by atoms with Gasteiger partial charge in [-0.3, -0.25) is 0 Å². The van der Waals surface area contributed by atoms with E-state index in [1.54, 1.807) is 16.0 Å². The monoisotopic (exact) mass is 371 g/mol. The van der Waals surface area contributed by atoms with Gasteiger partial charge in [0.25, 0.3) is 0 Å². The molecule has 0 aliphatic carbocycles. The third kappa shape index (κ3) is 3.88. The van der Waals surface area contributed by atoms with Crippen LogP contribution in [0.4, 0.5) is 5.69 Å². The second-order valence-electron chi connectivity index (χ2n) is 5.58. The minimum atomic E-state index is 0.479. The van der Waals surface area contributed by atoms with Crippen LogP contribution in [-0.4, -0.2) is 34.2 Å². The van der Waals surface area contributed by atoms with Gasteiger partial charge in [-0.1, -0.05) is 0 Å². The van der Waals surface area contributed by atoms with Gasteiger partial charge in [-0.2, -0.15) is 14.9 Å². The molecule has 7 heteroatoms. The topological polar surface area (TPSA) is 49.2 Å². The van der Waals surface area contributed by atoms with Crippen LogP contribution in [0.25, 0.3) is 11.4 Å². The van der Waals surface area contributed by atoms with Crippen molar-refractivity contribution in [3.05, 3.63) is 50.9 Å². The second-order valence-corrected chi connectivity index (χ2v) is 7.28. The highest BCUT2D eigenvalue weighted by Crippen LogP contribution is 2.22. The molecule has 0 saturated carbocycles. The highest BCUT2D eigenvalue weighted by molar-refractivity contribution is 7.71. The van der Waals surface area contributed by atoms with E-state index >= 15 is 0 Å². The molecule has 0 aliphatic rings. The lowest BCUT2D eigenvalue weighted by atomic mass is 10.2. The number of anilines is 1. The number of aryl methyl sites for hydroxylation is 1. The summed E-state index contributed by atoms with van der Waals surface area (Å²) in [6.45, 7) is 8.36. The van der Waals surface area contributed by atoms with Crippen LogP contribution in [0.2, 0.25) is 0 Å². The van der Waals surface area contributed by atoms with Crippen LogP contribution in [0, 0.1) is 11.7 Å². The summed E-state index contributed by atoms with van der Waals surface area (Å²) in [5.41, 5.74) is 2.18. The quantitative estimate of drug-likeness (QED) is 0.504. The van der Waals surface area contributed by atoms with Gasteiger partial charge in [0.2, 0.25) is 4.77 Å². The fourth-order valence-corrected chi connectivity index (χ4v) is 3.56. The average molecular weight is 372 g/mol. The Morgan fingerprint density at radius 3 is 2.52 bits per heavy atom. The molecule has 0 unspecified atom stereocenters. The Kier molecular flexibility index (Phi) is 5.45. The number of aromatic amines is 1. The normalized spacial score (nSPS) is 11.3. The zero-order chi connectivity index (χ0) is 17.8. The number of hydrogen-bond donors (Lipinski definition) is 1. The van der Waals surface area contributed by atoms with Crippen LogP contribution in [0.15, 0.2) is 41.5 Å².